The molecule has 2 aromatic rings. The van der Waals surface area contributed by atoms with Crippen LogP contribution >= 0.6 is 27.5 Å². The second-order valence-electron chi connectivity index (χ2n) is 7.26. The summed E-state index contributed by atoms with van der Waals surface area (Å²) in [6.45, 7) is 0.272. The van der Waals surface area contributed by atoms with E-state index in [9.17, 15) is 19.5 Å². The van der Waals surface area contributed by atoms with Gasteiger partial charge >= 0.3 is 5.97 Å². The first-order valence-electron chi connectivity index (χ1n) is 9.81. The molecule has 1 amide bonds. The number of halogens is 2. The molecule has 1 atom stereocenters. The Bertz CT molecular complexity index is 1020. The third-order valence-electron chi connectivity index (χ3n) is 5.13. The zero-order valence-corrected chi connectivity index (χ0v) is 18.9. The van der Waals surface area contributed by atoms with Crippen molar-refractivity contribution in [3.8, 4) is 0 Å². The maximum atomic E-state index is 12.9. The Balaban J connectivity index is 1.96. The number of rotatable bonds is 8. The van der Waals surface area contributed by atoms with Crippen LogP contribution in [0.3, 0.4) is 0 Å². The molecule has 0 radical (unpaired) electrons. The van der Waals surface area contributed by atoms with Gasteiger partial charge in [-0.25, -0.2) is 0 Å². The van der Waals surface area contributed by atoms with E-state index in [1.165, 1.54) is 4.90 Å². The molecule has 0 bridgehead atoms. The Morgan fingerprint density at radius 1 is 0.968 bits per heavy atom. The Hall–Kier alpha value is -2.64. The van der Waals surface area contributed by atoms with Crippen LogP contribution in [0, 0.1) is 0 Å². The quantitative estimate of drug-likeness (QED) is 0.223. The monoisotopic (exact) mass is 505 g/mol. The average molecular weight is 507 g/mol. The number of aliphatic hydroxyl groups excluding tert-OH is 1. The number of aliphatic carboxylic acids is 1. The summed E-state index contributed by atoms with van der Waals surface area (Å²) in [6, 6.07) is 12.9. The molecule has 31 heavy (non-hydrogen) atoms. The fourth-order valence-corrected chi connectivity index (χ4v) is 3.99. The lowest BCUT2D eigenvalue weighted by Crippen LogP contribution is -2.30. The molecule has 2 N–H and O–H groups in total. The van der Waals surface area contributed by atoms with Crippen LogP contribution < -0.4 is 0 Å². The summed E-state index contributed by atoms with van der Waals surface area (Å²) < 4.78 is 0.820. The van der Waals surface area contributed by atoms with E-state index in [0.29, 0.717) is 35.4 Å². The van der Waals surface area contributed by atoms with Crippen molar-refractivity contribution >= 4 is 50.9 Å². The van der Waals surface area contributed by atoms with E-state index in [2.05, 4.69) is 15.9 Å². The molecule has 6 nitrogen and oxygen atoms in total. The Labute approximate surface area is 193 Å². The summed E-state index contributed by atoms with van der Waals surface area (Å²) in [7, 11) is 0. The van der Waals surface area contributed by atoms with Gasteiger partial charge in [-0.15, -0.1) is 0 Å². The highest BCUT2D eigenvalue weighted by atomic mass is 79.9. The zero-order chi connectivity index (χ0) is 22.5. The molecule has 0 aliphatic carbocycles. The van der Waals surface area contributed by atoms with Crippen molar-refractivity contribution in [3.63, 3.8) is 0 Å². The highest BCUT2D eigenvalue weighted by Gasteiger charge is 2.45. The summed E-state index contributed by atoms with van der Waals surface area (Å²) in [4.78, 5) is 37.9. The smallest absolute Gasteiger partial charge is 0.303 e. The third-order valence-corrected chi connectivity index (χ3v) is 5.91. The molecule has 1 unspecified atom stereocenters. The molecule has 1 aliphatic rings. The number of carbonyl (C=O) groups is 3. The van der Waals surface area contributed by atoms with Crippen LogP contribution in [0.1, 0.15) is 42.9 Å². The molecule has 1 aliphatic heterocycles. The minimum Gasteiger partial charge on any atom is -0.507 e. The van der Waals surface area contributed by atoms with Crippen molar-refractivity contribution in [3.05, 3.63) is 74.7 Å². The number of aliphatic hydroxyl groups is 1. The van der Waals surface area contributed by atoms with Gasteiger partial charge < -0.3 is 15.1 Å². The van der Waals surface area contributed by atoms with Crippen LogP contribution in [-0.2, 0) is 14.4 Å². The van der Waals surface area contributed by atoms with Crippen LogP contribution in [-0.4, -0.2) is 39.3 Å². The van der Waals surface area contributed by atoms with Crippen LogP contribution in [0.4, 0.5) is 0 Å². The molecule has 0 aromatic heterocycles. The van der Waals surface area contributed by atoms with Crippen molar-refractivity contribution in [2.24, 2.45) is 0 Å². The molecule has 8 heteroatoms. The number of Topliss-reactive ketones (excluding diaryl/α,β-unsaturated/α-hetero) is 1. The maximum absolute atomic E-state index is 12.9. The Kier molecular flexibility index (Phi) is 7.51. The zero-order valence-electron chi connectivity index (χ0n) is 16.6. The molecule has 0 saturated carbocycles. The predicted molar refractivity (Wildman–Crippen MR) is 121 cm³/mol. The van der Waals surface area contributed by atoms with E-state index in [1.807, 2.05) is 0 Å². The number of carboxylic acids is 1. The van der Waals surface area contributed by atoms with Crippen molar-refractivity contribution in [2.75, 3.05) is 6.54 Å². The number of amides is 1. The van der Waals surface area contributed by atoms with Crippen LogP contribution in [0.25, 0.3) is 5.76 Å². The van der Waals surface area contributed by atoms with Gasteiger partial charge in [0.15, 0.2) is 0 Å². The van der Waals surface area contributed by atoms with E-state index < -0.39 is 23.7 Å². The summed E-state index contributed by atoms with van der Waals surface area (Å²) in [6.07, 6.45) is 1.70. The molecular formula is C23H21BrClNO5. The van der Waals surface area contributed by atoms with Crippen LogP contribution in [0.15, 0.2) is 58.6 Å². The van der Waals surface area contributed by atoms with Crippen molar-refractivity contribution < 1.29 is 24.6 Å². The van der Waals surface area contributed by atoms with Crippen LogP contribution in [0.5, 0.6) is 0 Å². The van der Waals surface area contributed by atoms with E-state index in [-0.39, 0.29) is 24.3 Å². The minimum absolute atomic E-state index is 0.0279. The maximum Gasteiger partial charge on any atom is 0.303 e. The molecule has 1 saturated heterocycles. The third kappa shape index (κ3) is 5.35. The largest absolute Gasteiger partial charge is 0.507 e. The van der Waals surface area contributed by atoms with Gasteiger partial charge in [0.05, 0.1) is 11.6 Å². The highest BCUT2D eigenvalue weighted by Crippen LogP contribution is 2.40. The molecular weight excluding hydrogens is 486 g/mol. The Morgan fingerprint density at radius 3 is 2.23 bits per heavy atom. The summed E-state index contributed by atoms with van der Waals surface area (Å²) in [5, 5.41) is 20.2. The molecule has 162 valence electrons. The fraction of sp³-hybridized carbons (Fsp3) is 0.261. The molecule has 0 spiro atoms. The topological polar surface area (TPSA) is 94.9 Å². The fourth-order valence-electron chi connectivity index (χ4n) is 3.60. The van der Waals surface area contributed by atoms with Crippen LogP contribution in [0.2, 0.25) is 5.02 Å². The van der Waals surface area contributed by atoms with E-state index in [0.717, 1.165) is 4.47 Å². The molecule has 1 heterocycles. The normalized spacial score (nSPS) is 17.9. The van der Waals surface area contributed by atoms with E-state index >= 15 is 0 Å². The first-order valence-corrected chi connectivity index (χ1v) is 11.0. The van der Waals surface area contributed by atoms with E-state index in [1.54, 1.807) is 48.5 Å². The summed E-state index contributed by atoms with van der Waals surface area (Å²) in [5.74, 6) is -2.53. The number of hydrogen-bond donors (Lipinski definition) is 2. The minimum atomic E-state index is -0.865. The SMILES string of the molecule is O=C(O)CCCCCN1C(=O)C(=O)/C(=C(/O)c2ccc(Br)cc2)C1c1ccc(Cl)cc1. The first kappa shape index (κ1) is 23.0. The van der Waals surface area contributed by atoms with E-state index in [4.69, 9.17) is 16.7 Å². The molecule has 2 aromatic carbocycles. The highest BCUT2D eigenvalue weighted by molar-refractivity contribution is 9.10. The number of likely N-dealkylation sites (tertiary alicyclic amines) is 1. The second kappa shape index (κ2) is 10.1. The van der Waals surface area contributed by atoms with Gasteiger partial charge in [-0.3, -0.25) is 14.4 Å². The van der Waals surface area contributed by atoms with Gasteiger partial charge in [-0.1, -0.05) is 58.2 Å². The summed E-state index contributed by atoms with van der Waals surface area (Å²) >= 11 is 9.34. The van der Waals surface area contributed by atoms with Gasteiger partial charge in [-0.05, 0) is 42.7 Å². The predicted octanol–water partition coefficient (Wildman–Crippen LogP) is 5.17. The van der Waals surface area contributed by atoms with Gasteiger partial charge in [0.1, 0.15) is 5.76 Å². The number of hydrogen-bond acceptors (Lipinski definition) is 4. The number of nitrogens with zero attached hydrogens (tertiary/aromatic N) is 1. The van der Waals surface area contributed by atoms with Crippen molar-refractivity contribution in [1.82, 2.24) is 4.90 Å². The average Bonchev–Trinajstić information content (AvgIpc) is 2.99. The first-order chi connectivity index (χ1) is 14.8. The van der Waals surface area contributed by atoms with Gasteiger partial charge in [0.25, 0.3) is 11.7 Å². The number of ketones is 1. The standard InChI is InChI=1S/C23H21BrClNO5/c24-16-9-5-15(6-10-16)21(29)19-20(14-7-11-17(25)12-8-14)26(23(31)22(19)30)13-3-1-2-4-18(27)28/h5-12,20,29H,1-4,13H2,(H,27,28)/b21-19+. The van der Waals surface area contributed by atoms with Crippen molar-refractivity contribution in [1.29, 1.82) is 0 Å². The van der Waals surface area contributed by atoms with Gasteiger partial charge in [-0.2, -0.15) is 0 Å². The lowest BCUT2D eigenvalue weighted by Gasteiger charge is -2.25. The van der Waals surface area contributed by atoms with Gasteiger partial charge in [0.2, 0.25) is 0 Å². The number of benzene rings is 2. The number of unbranched alkanes of at least 4 members (excludes halogenated alkanes) is 2. The molecule has 3 rings (SSSR count). The lowest BCUT2D eigenvalue weighted by molar-refractivity contribution is -0.140. The second-order valence-corrected chi connectivity index (χ2v) is 8.61. The van der Waals surface area contributed by atoms with Gasteiger partial charge in [0, 0.05) is 28.0 Å². The Morgan fingerprint density at radius 2 is 1.61 bits per heavy atom. The number of carbonyl (C=O) groups excluding carboxylic acids is 2. The van der Waals surface area contributed by atoms with Crippen molar-refractivity contribution in [2.45, 2.75) is 31.7 Å². The number of carboxylic acid groups (broad SMARTS) is 1. The molecule has 1 fully saturated rings. The summed E-state index contributed by atoms with van der Waals surface area (Å²) in [5.41, 5.74) is 1.12. The lowest BCUT2D eigenvalue weighted by atomic mass is 9.95.